The second-order valence-corrected chi connectivity index (χ2v) is 40.1. The summed E-state index contributed by atoms with van der Waals surface area (Å²) in [7, 11) is -3.65. The second kappa shape index (κ2) is 37.8. The highest BCUT2D eigenvalue weighted by molar-refractivity contribution is 9.10. The van der Waals surface area contributed by atoms with Crippen LogP contribution in [0.5, 0.6) is 11.6 Å². The van der Waals surface area contributed by atoms with Crippen molar-refractivity contribution in [1.82, 2.24) is 54.7 Å². The number of Topliss-reactive ketones (excluding diaryl/α,β-unsaturated/α-hetero) is 1. The average Bonchev–Trinajstić information content (AvgIpc) is 1.57. The number of amides is 2. The average molecular weight is 1810 g/mol. The quantitative estimate of drug-likeness (QED) is 0.0235. The smallest absolute Gasteiger partial charge is 0.339 e. The Kier molecular flexibility index (Phi) is 28.8. The number of likely N-dealkylation sites (tertiary alicyclic amines) is 1. The first-order valence-corrected chi connectivity index (χ1v) is 43.8. The van der Waals surface area contributed by atoms with E-state index in [0.29, 0.717) is 29.1 Å². The van der Waals surface area contributed by atoms with Gasteiger partial charge in [-0.15, -0.1) is 16.5 Å². The summed E-state index contributed by atoms with van der Waals surface area (Å²) in [6.45, 7) is 14.6. The Bertz CT molecular complexity index is 5750. The van der Waals surface area contributed by atoms with Crippen LogP contribution in [0.4, 0.5) is 0 Å². The Morgan fingerprint density at radius 2 is 1.24 bits per heavy atom. The molecule has 1 aliphatic heterocycles. The van der Waals surface area contributed by atoms with Crippen LogP contribution in [0.1, 0.15) is 81.1 Å². The van der Waals surface area contributed by atoms with Gasteiger partial charge in [0.2, 0.25) is 17.7 Å². The van der Waals surface area contributed by atoms with Crippen LogP contribution in [0.2, 0.25) is 5.15 Å². The molecule has 2 amide bonds. The van der Waals surface area contributed by atoms with Crippen molar-refractivity contribution in [2.45, 2.75) is 110 Å². The van der Waals surface area contributed by atoms with E-state index >= 15 is 0 Å². The number of ether oxygens (including phenoxy) is 2. The number of fused-ring (bicyclic) bond motifs is 5. The van der Waals surface area contributed by atoms with Crippen LogP contribution in [-0.2, 0) is 38.3 Å². The number of sulfone groups is 1. The summed E-state index contributed by atoms with van der Waals surface area (Å²) in [6.07, 6.45) is 25.5. The Morgan fingerprint density at radius 3 is 1.82 bits per heavy atom. The monoisotopic (exact) mass is 1800 g/mol. The Morgan fingerprint density at radius 1 is 0.696 bits per heavy atom. The van der Waals surface area contributed by atoms with Crippen LogP contribution < -0.4 is 24.4 Å². The van der Waals surface area contributed by atoms with Gasteiger partial charge in [-0.3, -0.25) is 28.7 Å². The van der Waals surface area contributed by atoms with E-state index in [1.54, 1.807) is 124 Å². The first kappa shape index (κ1) is 87.5. The number of pyridine rings is 5. The summed E-state index contributed by atoms with van der Waals surface area (Å²) in [5.74, 6) is -3.40. The summed E-state index contributed by atoms with van der Waals surface area (Å²) >= 11 is 26.6. The fourth-order valence-electron chi connectivity index (χ4n) is 12.6. The zero-order valence-corrected chi connectivity index (χ0v) is 70.3. The highest BCUT2D eigenvalue weighted by Gasteiger charge is 2.61. The largest absolute Gasteiger partial charge is 0.619 e. The number of nitrogens with one attached hydrogen (secondary N) is 1. The lowest BCUT2D eigenvalue weighted by Crippen LogP contribution is -2.55. The second-order valence-electron chi connectivity index (χ2n) is 29.0. The van der Waals surface area contributed by atoms with Gasteiger partial charge in [-0.1, -0.05) is 83.8 Å². The van der Waals surface area contributed by atoms with Crippen molar-refractivity contribution in [2.75, 3.05) is 12.3 Å². The van der Waals surface area contributed by atoms with Gasteiger partial charge in [0.1, 0.15) is 34.2 Å². The molecule has 2 saturated carbocycles. The van der Waals surface area contributed by atoms with E-state index in [4.69, 9.17) is 25.9 Å². The van der Waals surface area contributed by atoms with E-state index in [9.17, 15) is 42.6 Å². The summed E-state index contributed by atoms with van der Waals surface area (Å²) in [5, 5.41) is 43.8. The van der Waals surface area contributed by atoms with E-state index in [2.05, 4.69) is 114 Å². The fraction of sp³-hybridized carbons (Fsp3) is 0.268. The molecule has 0 radical (unpaired) electrons. The minimum absolute atomic E-state index is 0. The van der Waals surface area contributed by atoms with Crippen molar-refractivity contribution in [3.8, 4) is 23.0 Å². The van der Waals surface area contributed by atoms with Crippen LogP contribution in [0.3, 0.4) is 0 Å². The molecule has 9 heterocycles. The normalized spacial score (nSPS) is 16.6. The molecule has 115 heavy (non-hydrogen) atoms. The lowest BCUT2D eigenvalue weighted by atomic mass is 9.77. The van der Waals surface area contributed by atoms with Crippen molar-refractivity contribution >= 4 is 170 Å². The van der Waals surface area contributed by atoms with Crippen molar-refractivity contribution in [3.63, 3.8) is 0 Å². The summed E-state index contributed by atoms with van der Waals surface area (Å²) in [5.41, 5.74) is -0.919. The molecule has 25 nitrogen and oxygen atoms in total. The van der Waals surface area contributed by atoms with Gasteiger partial charge in [-0.05, 0) is 227 Å². The van der Waals surface area contributed by atoms with Gasteiger partial charge in [0.15, 0.2) is 46.2 Å². The van der Waals surface area contributed by atoms with Gasteiger partial charge in [0.05, 0.1) is 47.9 Å². The predicted octanol–water partition coefficient (Wildman–Crippen LogP) is 17.6. The number of carbonyl (C=O) groups is 4. The molecule has 0 unspecified atom stereocenters. The van der Waals surface area contributed by atoms with Crippen LogP contribution in [0.25, 0.3) is 65.2 Å². The van der Waals surface area contributed by atoms with Gasteiger partial charge in [-0.2, -0.15) is 19.7 Å². The Balaban J connectivity index is 0.000000181. The molecule has 5 atom stereocenters. The maximum atomic E-state index is 14.6. The van der Waals surface area contributed by atoms with Crippen molar-refractivity contribution in [2.24, 2.45) is 17.3 Å². The molecule has 3 fully saturated rings. The molecule has 600 valence electrons. The van der Waals surface area contributed by atoms with Gasteiger partial charge in [0.25, 0.3) is 0 Å². The number of carbonyl (C=O) groups excluding carboxylic acids is 4. The van der Waals surface area contributed by atoms with Crippen LogP contribution in [-0.4, -0.2) is 122 Å². The molecule has 0 spiro atoms. The first-order chi connectivity index (χ1) is 54.1. The molecule has 3 aliphatic rings. The van der Waals surface area contributed by atoms with Gasteiger partial charge in [-0.25, -0.2) is 27.7 Å². The number of esters is 1. The van der Waals surface area contributed by atoms with Crippen LogP contribution in [0.15, 0.2) is 248 Å². The zero-order chi connectivity index (χ0) is 81.9. The van der Waals surface area contributed by atoms with E-state index in [1.807, 2.05) is 141 Å². The SMILES string of the molecule is Brc1ccc2cnccc2c1.C.C=C[C@@H]1C[C@]1(NC(=O)[C@@H]1C[C@@H](Oc2nccc3cc(On4cccn4)ccc23)CN1C(=O)[C@@H](CC(=O)OC(C)(C)C)C(C)(C)C)C(=O)CS(=O)(=O)C1CC1.Clc1nccc2cc(-n3cccn3)ccc12.O=P(Cl)(Cl)Cl.[O-][n+]1ccc2cc(-n3cccn3)ccc2c1.[O-][n+]1ccc2cc(Br)ccc2c1. The molecule has 2 aliphatic carbocycles. The number of hydrogen-bond donors (Lipinski definition) is 1. The van der Waals surface area contributed by atoms with E-state index < -0.39 is 90.1 Å². The standard InChI is InChI=1S/C39H49N5O9S.C12H8ClN3.C12H9N3O.C9H6BrNO.C9H6BrN.CH4.Cl3OP/c1-8-25-21-39(25,32(45)23-54(49,50)28-11-12-28)42-34(47)31-19-27(22-43(31)36(48)30(37(2,3)4)20-33(46)52-38(5,6)7)51-35-29-13-10-26(18-24(29)14-16-40-35)53-44-17-9-15-41-44;13-12-11-3-2-10(16-7-1-5-15-16)8-9(11)4-6-14-12;16-14-7-4-10-8-12(3-2-11(10)9-14)15-6-1-5-13-15;10-9-2-1-8-6-11(12)4-3-7(8)5-9;10-9-2-1-8-6-11-4-3-7(8)5-9;;1-5(2,3)4/h8-10,13-18,25,27-28,30-31H,1,11-12,19-23H2,2-7H3,(H,42,47);1-8H;1-9H;1-6H;1-6H;1H4;/t25-,27-,30-,31+,39-;;;;;;/m1....../s1. The Hall–Kier alpha value is -9.90. The molecule has 5 aromatic carbocycles. The molecule has 33 heteroatoms. The van der Waals surface area contributed by atoms with Crippen LogP contribution in [0, 0.1) is 27.7 Å². The molecule has 0 bridgehead atoms. The molecule has 1 N–H and O–H groups in total. The third-order valence-electron chi connectivity index (χ3n) is 18.4. The number of nitrogens with zero attached hydrogens (tertiary/aromatic N) is 12. The highest BCUT2D eigenvalue weighted by atomic mass is 79.9. The van der Waals surface area contributed by atoms with Crippen molar-refractivity contribution in [1.29, 1.82) is 0 Å². The predicted molar refractivity (Wildman–Crippen MR) is 455 cm³/mol. The maximum absolute atomic E-state index is 14.6. The minimum atomic E-state index is -3.65. The first-order valence-electron chi connectivity index (χ1n) is 35.7. The number of hydrogen-bond acceptors (Lipinski definition) is 18. The minimum Gasteiger partial charge on any atom is -0.619 e. The van der Waals surface area contributed by atoms with Crippen molar-refractivity contribution in [3.05, 3.63) is 263 Å². The molecule has 8 aromatic heterocycles. The lowest BCUT2D eigenvalue weighted by molar-refractivity contribution is -0.604. The van der Waals surface area contributed by atoms with Gasteiger partial charge >= 0.3 is 11.2 Å². The summed E-state index contributed by atoms with van der Waals surface area (Å²) in [6, 6.07) is 42.9. The van der Waals surface area contributed by atoms with Crippen LogP contribution >= 0.6 is 82.4 Å². The molecular formula is C82H82Br2Cl4N13O12PS. The van der Waals surface area contributed by atoms with Gasteiger partial charge < -0.3 is 34.9 Å². The third kappa shape index (κ3) is 24.1. The number of benzene rings is 5. The van der Waals surface area contributed by atoms with Gasteiger partial charge in [0, 0.05) is 110 Å². The Labute approximate surface area is 700 Å². The molecule has 1 saturated heterocycles. The zero-order valence-electron chi connectivity index (χ0n) is 62.4. The topological polar surface area (TPSA) is 308 Å². The summed E-state index contributed by atoms with van der Waals surface area (Å²) in [4.78, 5) is 76.6. The number of rotatable bonds is 16. The maximum Gasteiger partial charge on any atom is 0.339 e. The van der Waals surface area contributed by atoms with Crippen molar-refractivity contribution < 1.29 is 55.9 Å². The van der Waals surface area contributed by atoms with E-state index in [-0.39, 0.29) is 39.1 Å². The lowest BCUT2D eigenvalue weighted by Gasteiger charge is -2.35. The molecular weight excluding hydrogens is 1720 g/mol. The number of halogens is 6. The van der Waals surface area contributed by atoms with E-state index in [0.717, 1.165) is 67.5 Å². The number of ketones is 1. The fourth-order valence-corrected chi connectivity index (χ4v) is 15.3. The number of aromatic nitrogens is 11. The summed E-state index contributed by atoms with van der Waals surface area (Å²) < 4.78 is 54.5. The highest BCUT2D eigenvalue weighted by Crippen LogP contribution is 2.61. The third-order valence-corrected chi connectivity index (χ3v) is 21.9. The molecule has 16 rings (SSSR count). The van der Waals surface area contributed by atoms with E-state index in [1.165, 1.54) is 32.9 Å². The molecule has 13 aromatic rings.